The number of benzene rings is 1. The fraction of sp³-hybridized carbons (Fsp3) is 0.389. The van der Waals surface area contributed by atoms with E-state index in [2.05, 4.69) is 5.16 Å². The first kappa shape index (κ1) is 16.2. The number of carbonyl (C=O) groups excluding carboxylic acids is 2. The molecule has 1 aromatic heterocycles. The summed E-state index contributed by atoms with van der Waals surface area (Å²) in [5.41, 5.74) is 0.398. The van der Waals surface area contributed by atoms with E-state index >= 15 is 0 Å². The Hall–Kier alpha value is -2.63. The molecule has 2 heterocycles. The number of aromatic amines is 1. The van der Waals surface area contributed by atoms with E-state index in [-0.39, 0.29) is 29.6 Å². The second-order valence-electron chi connectivity index (χ2n) is 6.09. The number of hydrogen-bond donors (Lipinski definition) is 1. The van der Waals surface area contributed by atoms with Crippen molar-refractivity contribution in [2.45, 2.75) is 25.7 Å². The summed E-state index contributed by atoms with van der Waals surface area (Å²) >= 11 is 0. The van der Waals surface area contributed by atoms with E-state index in [0.717, 1.165) is 12.8 Å². The highest BCUT2D eigenvalue weighted by molar-refractivity contribution is 5.98. The van der Waals surface area contributed by atoms with Crippen molar-refractivity contribution in [3.63, 3.8) is 0 Å². The maximum absolute atomic E-state index is 12.6. The molecule has 1 atom stereocenters. The van der Waals surface area contributed by atoms with Crippen molar-refractivity contribution in [3.8, 4) is 0 Å². The van der Waals surface area contributed by atoms with Crippen molar-refractivity contribution in [3.05, 3.63) is 58.1 Å². The highest BCUT2D eigenvalue weighted by Crippen LogP contribution is 2.21. The molecule has 0 radical (unpaired) electrons. The molecule has 2 aromatic rings. The molecular weight excluding hydrogens is 308 g/mol. The van der Waals surface area contributed by atoms with Crippen molar-refractivity contribution >= 4 is 11.7 Å². The van der Waals surface area contributed by atoms with Crippen molar-refractivity contribution in [2.24, 2.45) is 5.92 Å². The summed E-state index contributed by atoms with van der Waals surface area (Å²) in [5, 5.41) is 2.21. The average molecular weight is 328 g/mol. The predicted octanol–water partition coefficient (Wildman–Crippen LogP) is 2.02. The number of H-pyrrole nitrogens is 1. The fourth-order valence-electron chi connectivity index (χ4n) is 3.09. The highest BCUT2D eigenvalue weighted by atomic mass is 16.5. The first-order valence-electron chi connectivity index (χ1n) is 8.18. The fourth-order valence-corrected chi connectivity index (χ4v) is 3.09. The van der Waals surface area contributed by atoms with E-state index in [0.29, 0.717) is 30.8 Å². The van der Waals surface area contributed by atoms with Gasteiger partial charge in [0.25, 0.3) is 5.56 Å². The third-order valence-corrected chi connectivity index (χ3v) is 4.36. The van der Waals surface area contributed by atoms with Gasteiger partial charge in [0.2, 0.25) is 5.91 Å². The molecule has 0 spiro atoms. The van der Waals surface area contributed by atoms with Crippen molar-refractivity contribution in [2.75, 3.05) is 13.1 Å². The summed E-state index contributed by atoms with van der Waals surface area (Å²) < 4.78 is 4.96. The summed E-state index contributed by atoms with van der Waals surface area (Å²) in [6.45, 7) is 1.14. The predicted molar refractivity (Wildman–Crippen MR) is 87.7 cm³/mol. The average Bonchev–Trinajstić information content (AvgIpc) is 3.05. The molecule has 1 aromatic carbocycles. The van der Waals surface area contributed by atoms with Gasteiger partial charge >= 0.3 is 0 Å². The number of likely N-dealkylation sites (tertiary alicyclic amines) is 1. The Morgan fingerprint density at radius 3 is 2.75 bits per heavy atom. The van der Waals surface area contributed by atoms with Crippen LogP contribution in [-0.4, -0.2) is 34.8 Å². The van der Waals surface area contributed by atoms with Crippen LogP contribution in [0.3, 0.4) is 0 Å². The molecule has 1 N–H and O–H groups in total. The van der Waals surface area contributed by atoms with Crippen LogP contribution in [0.5, 0.6) is 0 Å². The lowest BCUT2D eigenvalue weighted by molar-refractivity contribution is -0.132. The zero-order valence-electron chi connectivity index (χ0n) is 13.4. The molecule has 0 bridgehead atoms. The lowest BCUT2D eigenvalue weighted by Gasteiger charge is -2.32. The minimum Gasteiger partial charge on any atom is -0.384 e. The SMILES string of the molecule is O=C(c1ccccc1)[C@@H]1CCCN(C(=O)CCc2cc(=O)[nH]o2)C1. The van der Waals surface area contributed by atoms with Crippen LogP contribution in [0.2, 0.25) is 0 Å². The van der Waals surface area contributed by atoms with Crippen molar-refractivity contribution in [1.29, 1.82) is 0 Å². The van der Waals surface area contributed by atoms with Crippen molar-refractivity contribution < 1.29 is 14.1 Å². The highest BCUT2D eigenvalue weighted by Gasteiger charge is 2.28. The number of amides is 1. The summed E-state index contributed by atoms with van der Waals surface area (Å²) in [7, 11) is 0. The van der Waals surface area contributed by atoms with E-state index in [1.807, 2.05) is 30.3 Å². The number of aryl methyl sites for hydroxylation is 1. The van der Waals surface area contributed by atoms with Gasteiger partial charge in [0.1, 0.15) is 5.76 Å². The summed E-state index contributed by atoms with van der Waals surface area (Å²) in [6.07, 6.45) is 2.29. The third kappa shape index (κ3) is 3.82. The van der Waals surface area contributed by atoms with Crippen LogP contribution >= 0.6 is 0 Å². The maximum Gasteiger partial charge on any atom is 0.280 e. The quantitative estimate of drug-likeness (QED) is 0.851. The van der Waals surface area contributed by atoms with Crippen LogP contribution in [0.1, 0.15) is 35.4 Å². The summed E-state index contributed by atoms with van der Waals surface area (Å²) in [4.78, 5) is 37.7. The summed E-state index contributed by atoms with van der Waals surface area (Å²) in [6, 6.07) is 10.6. The standard InChI is InChI=1S/C18H20N2O4/c21-16-11-15(24-19-16)8-9-17(22)20-10-4-7-14(12-20)18(23)13-5-2-1-3-6-13/h1-3,5-6,11,14H,4,7-10,12H2,(H,19,21)/t14-/m1/s1. The van der Waals surface area contributed by atoms with Gasteiger partial charge in [0.05, 0.1) is 0 Å². The third-order valence-electron chi connectivity index (χ3n) is 4.36. The van der Waals surface area contributed by atoms with E-state index in [1.54, 1.807) is 4.90 Å². The minimum atomic E-state index is -0.302. The number of piperidine rings is 1. The second kappa shape index (κ2) is 7.29. The van der Waals surface area contributed by atoms with Gasteiger partial charge < -0.3 is 9.42 Å². The van der Waals surface area contributed by atoms with Gasteiger partial charge in [-0.2, -0.15) is 5.16 Å². The molecule has 24 heavy (non-hydrogen) atoms. The maximum atomic E-state index is 12.6. The zero-order valence-corrected chi connectivity index (χ0v) is 13.4. The van der Waals surface area contributed by atoms with Gasteiger partial charge in [-0.05, 0) is 12.8 Å². The molecule has 1 aliphatic rings. The molecule has 0 saturated carbocycles. The van der Waals surface area contributed by atoms with Gasteiger partial charge in [0, 0.05) is 43.5 Å². The number of carbonyl (C=O) groups is 2. The molecule has 0 aliphatic carbocycles. The minimum absolute atomic E-state index is 0.00980. The zero-order chi connectivity index (χ0) is 16.9. The topological polar surface area (TPSA) is 83.4 Å². The Balaban J connectivity index is 1.57. The Morgan fingerprint density at radius 1 is 1.25 bits per heavy atom. The molecular formula is C18H20N2O4. The molecule has 6 nitrogen and oxygen atoms in total. The first-order valence-corrected chi connectivity index (χ1v) is 8.18. The van der Waals surface area contributed by atoms with Gasteiger partial charge in [-0.3, -0.25) is 14.4 Å². The van der Waals surface area contributed by atoms with Crippen LogP contribution in [0.15, 0.2) is 45.7 Å². The number of hydrogen-bond acceptors (Lipinski definition) is 4. The Bertz CT molecular complexity index is 763. The number of ketones is 1. The Kier molecular flexibility index (Phi) is 4.93. The van der Waals surface area contributed by atoms with Gasteiger partial charge in [0.15, 0.2) is 5.78 Å². The second-order valence-corrected chi connectivity index (χ2v) is 6.09. The number of Topliss-reactive ketones (excluding diaryl/α,β-unsaturated/α-hetero) is 1. The normalized spacial score (nSPS) is 17.7. The molecule has 126 valence electrons. The Morgan fingerprint density at radius 2 is 2.04 bits per heavy atom. The van der Waals surface area contributed by atoms with E-state index in [9.17, 15) is 14.4 Å². The smallest absolute Gasteiger partial charge is 0.280 e. The van der Waals surface area contributed by atoms with E-state index < -0.39 is 0 Å². The molecule has 1 amide bonds. The van der Waals surface area contributed by atoms with Crippen LogP contribution < -0.4 is 5.56 Å². The lowest BCUT2D eigenvalue weighted by atomic mass is 9.90. The number of rotatable bonds is 5. The molecule has 0 unspecified atom stereocenters. The van der Waals surface area contributed by atoms with Gasteiger partial charge in [-0.15, -0.1) is 0 Å². The van der Waals surface area contributed by atoms with Crippen LogP contribution in [0, 0.1) is 5.92 Å². The molecule has 1 saturated heterocycles. The molecule has 1 fully saturated rings. The van der Waals surface area contributed by atoms with Gasteiger partial charge in [-0.1, -0.05) is 30.3 Å². The van der Waals surface area contributed by atoms with Gasteiger partial charge in [-0.25, -0.2) is 0 Å². The monoisotopic (exact) mass is 328 g/mol. The molecule has 6 heteroatoms. The first-order chi connectivity index (χ1) is 11.6. The Labute approximate surface area is 139 Å². The lowest BCUT2D eigenvalue weighted by Crippen LogP contribution is -2.42. The number of aromatic nitrogens is 1. The van der Waals surface area contributed by atoms with Crippen LogP contribution in [0.4, 0.5) is 0 Å². The number of nitrogens with one attached hydrogen (secondary N) is 1. The molecule has 1 aliphatic heterocycles. The summed E-state index contributed by atoms with van der Waals surface area (Å²) in [5.74, 6) is 0.423. The largest absolute Gasteiger partial charge is 0.384 e. The number of nitrogens with zero attached hydrogens (tertiary/aromatic N) is 1. The van der Waals surface area contributed by atoms with Crippen LogP contribution in [-0.2, 0) is 11.2 Å². The van der Waals surface area contributed by atoms with Crippen LogP contribution in [0.25, 0.3) is 0 Å². The van der Waals surface area contributed by atoms with E-state index in [1.165, 1.54) is 6.07 Å². The van der Waals surface area contributed by atoms with E-state index in [4.69, 9.17) is 4.52 Å². The molecule has 3 rings (SSSR count). The van der Waals surface area contributed by atoms with Crippen molar-refractivity contribution in [1.82, 2.24) is 10.1 Å².